The van der Waals surface area contributed by atoms with Crippen molar-refractivity contribution in [3.05, 3.63) is 76.6 Å². The topological polar surface area (TPSA) is 58.1 Å². The van der Waals surface area contributed by atoms with Gasteiger partial charge < -0.3 is 5.32 Å². The average Bonchev–Trinajstić information content (AvgIpc) is 3.21. The Morgan fingerprint density at radius 3 is 2.90 bits per heavy atom. The van der Waals surface area contributed by atoms with Crippen LogP contribution < -0.4 is 5.32 Å². The number of carbonyl (C=O) groups is 1. The van der Waals surface area contributed by atoms with E-state index in [-0.39, 0.29) is 5.91 Å². The molecule has 1 fully saturated rings. The molecule has 6 heteroatoms. The number of aromatic nitrogens is 2. The summed E-state index contributed by atoms with van der Waals surface area (Å²) in [4.78, 5) is 23.5. The predicted octanol–water partition coefficient (Wildman–Crippen LogP) is 4.26. The molecule has 3 aromatic rings. The highest BCUT2D eigenvalue weighted by molar-refractivity contribution is 7.13. The number of benzene rings is 1. The summed E-state index contributed by atoms with van der Waals surface area (Å²) in [5.41, 5.74) is 4.83. The van der Waals surface area contributed by atoms with Gasteiger partial charge in [0.25, 0.3) is 0 Å². The molecule has 150 valence electrons. The number of hydrogen-bond acceptors (Lipinski definition) is 5. The number of nitrogens with one attached hydrogen (secondary N) is 1. The van der Waals surface area contributed by atoms with E-state index in [1.54, 1.807) is 6.20 Å². The zero-order chi connectivity index (χ0) is 20.1. The molecular weight excluding hydrogens is 380 g/mol. The third-order valence-corrected chi connectivity index (χ3v) is 5.94. The molecule has 1 aliphatic rings. The van der Waals surface area contributed by atoms with Crippen molar-refractivity contribution < 1.29 is 4.79 Å². The highest BCUT2D eigenvalue weighted by atomic mass is 32.1. The van der Waals surface area contributed by atoms with E-state index < -0.39 is 0 Å². The van der Waals surface area contributed by atoms with Crippen LogP contribution in [-0.2, 0) is 11.2 Å². The van der Waals surface area contributed by atoms with E-state index in [1.807, 2.05) is 11.4 Å². The molecule has 2 aromatic heterocycles. The molecule has 5 nitrogen and oxygen atoms in total. The number of pyridine rings is 1. The summed E-state index contributed by atoms with van der Waals surface area (Å²) in [6.07, 6.45) is 4.82. The largest absolute Gasteiger partial charge is 0.301 e. The number of nitrogens with zero attached hydrogens (tertiary/aromatic N) is 3. The minimum absolute atomic E-state index is 0.00238. The Balaban J connectivity index is 1.41. The van der Waals surface area contributed by atoms with Gasteiger partial charge in [0, 0.05) is 35.4 Å². The van der Waals surface area contributed by atoms with Gasteiger partial charge in [-0.15, -0.1) is 11.3 Å². The first kappa shape index (κ1) is 19.7. The van der Waals surface area contributed by atoms with Crippen LogP contribution in [0, 0.1) is 6.92 Å². The van der Waals surface area contributed by atoms with Crippen molar-refractivity contribution in [2.75, 3.05) is 25.0 Å². The minimum Gasteiger partial charge on any atom is -0.301 e. The molecule has 1 aromatic carbocycles. The van der Waals surface area contributed by atoms with Gasteiger partial charge in [-0.1, -0.05) is 30.3 Å². The summed E-state index contributed by atoms with van der Waals surface area (Å²) in [6.45, 7) is 4.29. The summed E-state index contributed by atoms with van der Waals surface area (Å²) in [5, 5.41) is 5.41. The van der Waals surface area contributed by atoms with Crippen LogP contribution in [0.1, 0.15) is 41.3 Å². The van der Waals surface area contributed by atoms with Crippen LogP contribution in [0.5, 0.6) is 0 Å². The molecule has 0 saturated carbocycles. The average molecular weight is 407 g/mol. The van der Waals surface area contributed by atoms with Crippen LogP contribution in [-0.4, -0.2) is 40.4 Å². The van der Waals surface area contributed by atoms with Crippen molar-refractivity contribution in [2.24, 2.45) is 0 Å². The highest BCUT2D eigenvalue weighted by Crippen LogP contribution is 2.27. The molecule has 0 aliphatic carbocycles. The number of amides is 1. The lowest BCUT2D eigenvalue weighted by atomic mass is 9.92. The molecule has 1 amide bonds. The number of hydrogen-bond donors (Lipinski definition) is 1. The van der Waals surface area contributed by atoms with E-state index in [0.717, 1.165) is 43.7 Å². The standard InChI is InChI=1S/C23H26N4OS/c1-17-12-19(13-18-6-3-2-4-7-18)14-21(25-17)20-8-5-10-27(15-20)16-22(28)26-23-24-9-11-29-23/h2-4,6-7,9,11-12,14,20H,5,8,10,13,15-16H2,1H3,(H,24,26,28)/t20-/m1/s1. The fourth-order valence-corrected chi connectivity index (χ4v) is 4.54. The second-order valence-corrected chi connectivity index (χ2v) is 8.56. The SMILES string of the molecule is Cc1cc(Cc2ccccc2)cc([C@@H]2CCCN(CC(=O)Nc3nccs3)C2)n1. The van der Waals surface area contributed by atoms with Gasteiger partial charge in [0.2, 0.25) is 5.91 Å². The number of anilines is 1. The van der Waals surface area contributed by atoms with E-state index in [0.29, 0.717) is 17.6 Å². The first-order valence-corrected chi connectivity index (χ1v) is 11.0. The lowest BCUT2D eigenvalue weighted by molar-refractivity contribution is -0.117. The first-order chi connectivity index (χ1) is 14.2. The summed E-state index contributed by atoms with van der Waals surface area (Å²) in [5.74, 6) is 0.369. The zero-order valence-electron chi connectivity index (χ0n) is 16.7. The molecule has 1 aliphatic heterocycles. The molecule has 0 spiro atoms. The van der Waals surface area contributed by atoms with Crippen LogP contribution in [0.4, 0.5) is 5.13 Å². The van der Waals surface area contributed by atoms with E-state index in [9.17, 15) is 4.79 Å². The third kappa shape index (κ3) is 5.49. The maximum Gasteiger partial charge on any atom is 0.240 e. The number of likely N-dealkylation sites (tertiary alicyclic amines) is 1. The number of piperidine rings is 1. The van der Waals surface area contributed by atoms with E-state index in [2.05, 4.69) is 58.5 Å². The Labute approximate surface area is 175 Å². The first-order valence-electron chi connectivity index (χ1n) is 10.1. The number of carbonyl (C=O) groups excluding carboxylic acids is 1. The Bertz CT molecular complexity index is 943. The molecule has 4 rings (SSSR count). The molecular formula is C23H26N4OS. The Hall–Kier alpha value is -2.57. The van der Waals surface area contributed by atoms with Gasteiger partial charge in [0.05, 0.1) is 6.54 Å². The van der Waals surface area contributed by atoms with Crippen molar-refractivity contribution in [1.29, 1.82) is 0 Å². The predicted molar refractivity (Wildman–Crippen MR) is 117 cm³/mol. The number of rotatable bonds is 6. The van der Waals surface area contributed by atoms with Crippen LogP contribution in [0.2, 0.25) is 0 Å². The van der Waals surface area contributed by atoms with Crippen molar-refractivity contribution in [3.63, 3.8) is 0 Å². The summed E-state index contributed by atoms with van der Waals surface area (Å²) < 4.78 is 0. The Morgan fingerprint density at radius 1 is 1.24 bits per heavy atom. The van der Waals surface area contributed by atoms with Gasteiger partial charge in [-0.25, -0.2) is 4.98 Å². The Morgan fingerprint density at radius 2 is 2.10 bits per heavy atom. The van der Waals surface area contributed by atoms with Crippen molar-refractivity contribution >= 4 is 22.4 Å². The molecule has 1 saturated heterocycles. The molecule has 0 radical (unpaired) electrons. The lowest BCUT2D eigenvalue weighted by Gasteiger charge is -2.32. The van der Waals surface area contributed by atoms with Gasteiger partial charge in [0.1, 0.15) is 0 Å². The molecule has 29 heavy (non-hydrogen) atoms. The van der Waals surface area contributed by atoms with E-state index >= 15 is 0 Å². The monoisotopic (exact) mass is 406 g/mol. The number of thiazole rings is 1. The van der Waals surface area contributed by atoms with Crippen molar-refractivity contribution in [3.8, 4) is 0 Å². The maximum absolute atomic E-state index is 12.3. The van der Waals surface area contributed by atoms with Gasteiger partial charge in [-0.3, -0.25) is 14.7 Å². The third-order valence-electron chi connectivity index (χ3n) is 5.25. The van der Waals surface area contributed by atoms with Crippen LogP contribution >= 0.6 is 11.3 Å². The Kier molecular flexibility index (Phi) is 6.32. The summed E-state index contributed by atoms with van der Waals surface area (Å²) in [6, 6.07) is 15.0. The van der Waals surface area contributed by atoms with Gasteiger partial charge >= 0.3 is 0 Å². The quantitative estimate of drug-likeness (QED) is 0.665. The number of aryl methyl sites for hydroxylation is 1. The zero-order valence-corrected chi connectivity index (χ0v) is 17.5. The maximum atomic E-state index is 12.3. The van der Waals surface area contributed by atoms with Gasteiger partial charge in [-0.05, 0) is 56.0 Å². The molecule has 3 heterocycles. The smallest absolute Gasteiger partial charge is 0.240 e. The summed E-state index contributed by atoms with van der Waals surface area (Å²) in [7, 11) is 0. The van der Waals surface area contributed by atoms with Crippen molar-refractivity contribution in [1.82, 2.24) is 14.9 Å². The molecule has 1 N–H and O–H groups in total. The van der Waals surface area contributed by atoms with E-state index in [4.69, 9.17) is 4.98 Å². The second kappa shape index (κ2) is 9.29. The second-order valence-electron chi connectivity index (χ2n) is 7.66. The van der Waals surface area contributed by atoms with Gasteiger partial charge in [-0.2, -0.15) is 0 Å². The van der Waals surface area contributed by atoms with Crippen molar-refractivity contribution in [2.45, 2.75) is 32.1 Å². The molecule has 1 atom stereocenters. The molecule has 0 bridgehead atoms. The lowest BCUT2D eigenvalue weighted by Crippen LogP contribution is -2.40. The van der Waals surface area contributed by atoms with Crippen LogP contribution in [0.15, 0.2) is 54.0 Å². The molecule has 0 unspecified atom stereocenters. The minimum atomic E-state index is 0.00238. The van der Waals surface area contributed by atoms with Crippen LogP contribution in [0.25, 0.3) is 0 Å². The normalized spacial score (nSPS) is 17.2. The van der Waals surface area contributed by atoms with Gasteiger partial charge in [0.15, 0.2) is 5.13 Å². The van der Waals surface area contributed by atoms with E-state index in [1.165, 1.54) is 22.5 Å². The van der Waals surface area contributed by atoms with Crippen LogP contribution in [0.3, 0.4) is 0 Å². The highest BCUT2D eigenvalue weighted by Gasteiger charge is 2.24. The fourth-order valence-electron chi connectivity index (χ4n) is 4.00. The summed E-state index contributed by atoms with van der Waals surface area (Å²) >= 11 is 1.44. The fraction of sp³-hybridized carbons (Fsp3) is 0.348.